The van der Waals surface area contributed by atoms with E-state index in [9.17, 15) is 0 Å². The average molecular weight is 215 g/mol. The molecule has 0 radical (unpaired) electrons. The molecule has 1 N–H and O–H groups in total. The Morgan fingerprint density at radius 2 is 2.13 bits per heavy atom. The molecule has 0 aromatic carbocycles. The second-order valence-electron chi connectivity index (χ2n) is 4.65. The summed E-state index contributed by atoms with van der Waals surface area (Å²) >= 11 is 0. The Labute approximate surface area is 91.2 Å². The number of aliphatic hydroxyl groups excluding tert-OH is 1. The van der Waals surface area contributed by atoms with Gasteiger partial charge < -0.3 is 19.5 Å². The van der Waals surface area contributed by atoms with E-state index in [1.807, 2.05) is 7.05 Å². The van der Waals surface area contributed by atoms with Gasteiger partial charge in [0.15, 0.2) is 5.79 Å². The fourth-order valence-electron chi connectivity index (χ4n) is 2.49. The van der Waals surface area contributed by atoms with E-state index in [0.717, 1.165) is 19.4 Å². The summed E-state index contributed by atoms with van der Waals surface area (Å²) in [6, 6.07) is 0. The molecule has 1 saturated heterocycles. The third kappa shape index (κ3) is 2.69. The minimum Gasteiger partial charge on any atom is -0.395 e. The van der Waals surface area contributed by atoms with Crippen molar-refractivity contribution in [2.24, 2.45) is 0 Å². The molecule has 2 rings (SSSR count). The predicted molar refractivity (Wildman–Crippen MR) is 56.6 cm³/mol. The first kappa shape index (κ1) is 11.3. The van der Waals surface area contributed by atoms with E-state index in [1.165, 1.54) is 12.8 Å². The predicted octanol–water partition coefficient (Wildman–Crippen LogP) is 0.596. The molecule has 0 amide bonds. The normalized spacial score (nSPS) is 29.4. The van der Waals surface area contributed by atoms with Crippen molar-refractivity contribution >= 4 is 0 Å². The molecule has 88 valence electrons. The number of nitrogens with zero attached hydrogens (tertiary/aromatic N) is 1. The van der Waals surface area contributed by atoms with Gasteiger partial charge in [-0.1, -0.05) is 0 Å². The Bertz CT molecular complexity index is 204. The highest BCUT2D eigenvalue weighted by atomic mass is 16.7. The van der Waals surface area contributed by atoms with Crippen LogP contribution in [0.25, 0.3) is 0 Å². The van der Waals surface area contributed by atoms with E-state index < -0.39 is 0 Å². The molecule has 0 aromatic heterocycles. The summed E-state index contributed by atoms with van der Waals surface area (Å²) in [5, 5.41) is 8.80. The lowest BCUT2D eigenvalue weighted by Gasteiger charge is -2.23. The highest BCUT2D eigenvalue weighted by Gasteiger charge is 2.43. The quantitative estimate of drug-likeness (QED) is 0.745. The van der Waals surface area contributed by atoms with Gasteiger partial charge in [-0.15, -0.1) is 0 Å². The highest BCUT2D eigenvalue weighted by molar-refractivity contribution is 4.84. The minimum atomic E-state index is -0.245. The molecule has 1 aliphatic carbocycles. The molecule has 0 aromatic rings. The molecule has 4 nitrogen and oxygen atoms in total. The van der Waals surface area contributed by atoms with Crippen LogP contribution in [0.15, 0.2) is 0 Å². The molecule has 4 heteroatoms. The maximum absolute atomic E-state index is 8.80. The van der Waals surface area contributed by atoms with Gasteiger partial charge in [0.1, 0.15) is 0 Å². The van der Waals surface area contributed by atoms with Crippen molar-refractivity contribution in [2.75, 3.05) is 33.4 Å². The average Bonchev–Trinajstić information content (AvgIpc) is 2.79. The van der Waals surface area contributed by atoms with Crippen molar-refractivity contribution in [2.45, 2.75) is 37.6 Å². The largest absolute Gasteiger partial charge is 0.395 e. The van der Waals surface area contributed by atoms with Gasteiger partial charge in [0.05, 0.1) is 19.3 Å². The molecule has 1 atom stereocenters. The molecule has 1 unspecified atom stereocenters. The Hall–Kier alpha value is -0.160. The van der Waals surface area contributed by atoms with Crippen molar-refractivity contribution in [1.82, 2.24) is 4.90 Å². The Balaban J connectivity index is 1.77. The molecule has 2 fully saturated rings. The van der Waals surface area contributed by atoms with Crippen LogP contribution in [-0.4, -0.2) is 55.2 Å². The van der Waals surface area contributed by atoms with Gasteiger partial charge in [0.2, 0.25) is 0 Å². The lowest BCUT2D eigenvalue weighted by molar-refractivity contribution is -0.163. The summed E-state index contributed by atoms with van der Waals surface area (Å²) < 4.78 is 11.8. The Morgan fingerprint density at radius 1 is 1.40 bits per heavy atom. The number of rotatable bonds is 4. The van der Waals surface area contributed by atoms with Crippen molar-refractivity contribution in [1.29, 1.82) is 0 Å². The van der Waals surface area contributed by atoms with Crippen LogP contribution in [0, 0.1) is 0 Å². The third-order valence-corrected chi connectivity index (χ3v) is 3.28. The molecule has 0 bridgehead atoms. The second-order valence-corrected chi connectivity index (χ2v) is 4.65. The molecule has 2 aliphatic rings. The van der Waals surface area contributed by atoms with Crippen molar-refractivity contribution < 1.29 is 14.6 Å². The molecule has 1 heterocycles. The fraction of sp³-hybridized carbons (Fsp3) is 1.00. The van der Waals surface area contributed by atoms with E-state index in [0.29, 0.717) is 13.2 Å². The summed E-state index contributed by atoms with van der Waals surface area (Å²) in [6.45, 7) is 2.46. The number of hydrogen-bond donors (Lipinski definition) is 1. The summed E-state index contributed by atoms with van der Waals surface area (Å²) in [5.74, 6) is -0.245. The summed E-state index contributed by atoms with van der Waals surface area (Å²) in [4.78, 5) is 2.09. The lowest BCUT2D eigenvalue weighted by atomic mass is 10.2. The van der Waals surface area contributed by atoms with E-state index >= 15 is 0 Å². The van der Waals surface area contributed by atoms with E-state index in [1.54, 1.807) is 0 Å². The van der Waals surface area contributed by atoms with Gasteiger partial charge in [0.25, 0.3) is 0 Å². The lowest BCUT2D eigenvalue weighted by Crippen LogP contribution is -2.34. The first-order valence-electron chi connectivity index (χ1n) is 5.85. The van der Waals surface area contributed by atoms with Crippen molar-refractivity contribution in [3.8, 4) is 0 Å². The number of ether oxygens (including phenoxy) is 2. The molecule has 1 saturated carbocycles. The SMILES string of the molecule is CN(CCO)CC1COC2(CCCC2)O1. The number of aliphatic hydroxyl groups is 1. The molecule has 15 heavy (non-hydrogen) atoms. The smallest absolute Gasteiger partial charge is 0.168 e. The summed E-state index contributed by atoms with van der Waals surface area (Å²) in [7, 11) is 2.00. The van der Waals surface area contributed by atoms with Gasteiger partial charge in [-0.2, -0.15) is 0 Å². The van der Waals surface area contributed by atoms with E-state index in [4.69, 9.17) is 14.6 Å². The first-order chi connectivity index (χ1) is 7.24. The zero-order valence-corrected chi connectivity index (χ0v) is 9.45. The number of hydrogen-bond acceptors (Lipinski definition) is 4. The summed E-state index contributed by atoms with van der Waals surface area (Å²) in [6.07, 6.45) is 4.72. The van der Waals surface area contributed by atoms with Crippen molar-refractivity contribution in [3.63, 3.8) is 0 Å². The maximum atomic E-state index is 8.80. The van der Waals surface area contributed by atoms with Gasteiger partial charge in [0, 0.05) is 25.9 Å². The van der Waals surface area contributed by atoms with Gasteiger partial charge in [-0.05, 0) is 19.9 Å². The third-order valence-electron chi connectivity index (χ3n) is 3.28. The molecule has 1 spiro atoms. The van der Waals surface area contributed by atoms with Gasteiger partial charge >= 0.3 is 0 Å². The van der Waals surface area contributed by atoms with Crippen LogP contribution in [0.3, 0.4) is 0 Å². The highest BCUT2D eigenvalue weighted by Crippen LogP contribution is 2.39. The van der Waals surface area contributed by atoms with Gasteiger partial charge in [-0.25, -0.2) is 0 Å². The Morgan fingerprint density at radius 3 is 2.80 bits per heavy atom. The standard InChI is InChI=1S/C11H21NO3/c1-12(6-7-13)8-10-9-14-11(15-10)4-2-3-5-11/h10,13H,2-9H2,1H3. The van der Waals surface area contributed by atoms with Crippen LogP contribution in [0.2, 0.25) is 0 Å². The zero-order chi connectivity index (χ0) is 10.7. The maximum Gasteiger partial charge on any atom is 0.168 e. The number of likely N-dealkylation sites (N-methyl/N-ethyl adjacent to an activating group) is 1. The van der Waals surface area contributed by atoms with Crippen LogP contribution < -0.4 is 0 Å². The Kier molecular flexibility index (Phi) is 3.61. The van der Waals surface area contributed by atoms with Crippen molar-refractivity contribution in [3.05, 3.63) is 0 Å². The van der Waals surface area contributed by atoms with Crippen LogP contribution in [0.5, 0.6) is 0 Å². The zero-order valence-electron chi connectivity index (χ0n) is 9.45. The second kappa shape index (κ2) is 4.78. The van der Waals surface area contributed by atoms with E-state index in [2.05, 4.69) is 4.90 Å². The van der Waals surface area contributed by atoms with E-state index in [-0.39, 0.29) is 18.5 Å². The van der Waals surface area contributed by atoms with Gasteiger partial charge in [-0.3, -0.25) is 0 Å². The van der Waals surface area contributed by atoms with Crippen LogP contribution in [0.1, 0.15) is 25.7 Å². The molecular formula is C11H21NO3. The van der Waals surface area contributed by atoms with Crippen LogP contribution in [0.4, 0.5) is 0 Å². The monoisotopic (exact) mass is 215 g/mol. The fourth-order valence-corrected chi connectivity index (χ4v) is 2.49. The minimum absolute atomic E-state index is 0.180. The molecule has 1 aliphatic heterocycles. The van der Waals surface area contributed by atoms with Crippen LogP contribution in [-0.2, 0) is 9.47 Å². The molecular weight excluding hydrogens is 194 g/mol. The first-order valence-corrected chi connectivity index (χ1v) is 5.85. The topological polar surface area (TPSA) is 41.9 Å². The van der Waals surface area contributed by atoms with Crippen LogP contribution >= 0.6 is 0 Å². The summed E-state index contributed by atoms with van der Waals surface area (Å²) in [5.41, 5.74) is 0.